The maximum atomic E-state index is 12.4. The SMILES string of the molecule is CCn1nccc1-c1ncccc1C[C@@H]1CCCN(S(=O)(=O)N(C)C)C1. The van der Waals surface area contributed by atoms with Gasteiger partial charge in [-0.05, 0) is 49.8 Å². The van der Waals surface area contributed by atoms with Crippen LogP contribution in [0.1, 0.15) is 25.3 Å². The summed E-state index contributed by atoms with van der Waals surface area (Å²) >= 11 is 0. The summed E-state index contributed by atoms with van der Waals surface area (Å²) in [6, 6.07) is 6.02. The third-order valence-electron chi connectivity index (χ3n) is 4.93. The second-order valence-electron chi connectivity index (χ2n) is 6.90. The van der Waals surface area contributed by atoms with Crippen LogP contribution in [-0.4, -0.2) is 59.0 Å². The summed E-state index contributed by atoms with van der Waals surface area (Å²) in [5.41, 5.74) is 3.10. The van der Waals surface area contributed by atoms with Crippen LogP contribution in [-0.2, 0) is 23.2 Å². The first-order chi connectivity index (χ1) is 12.4. The molecule has 2 aromatic rings. The van der Waals surface area contributed by atoms with E-state index in [1.807, 2.05) is 16.8 Å². The smallest absolute Gasteiger partial charge is 0.264 e. The van der Waals surface area contributed by atoms with Gasteiger partial charge in [0.2, 0.25) is 0 Å². The Balaban J connectivity index is 1.82. The van der Waals surface area contributed by atoms with E-state index in [1.54, 1.807) is 30.8 Å². The lowest BCUT2D eigenvalue weighted by Crippen LogP contribution is -2.45. The molecule has 0 radical (unpaired) electrons. The summed E-state index contributed by atoms with van der Waals surface area (Å²) in [5, 5.41) is 4.35. The Labute approximate surface area is 155 Å². The zero-order valence-electron chi connectivity index (χ0n) is 15.7. The van der Waals surface area contributed by atoms with Crippen molar-refractivity contribution in [1.29, 1.82) is 0 Å². The van der Waals surface area contributed by atoms with Gasteiger partial charge in [-0.15, -0.1) is 0 Å². The molecule has 0 spiro atoms. The molecule has 0 amide bonds. The largest absolute Gasteiger partial charge is 0.281 e. The van der Waals surface area contributed by atoms with E-state index in [2.05, 4.69) is 23.1 Å². The van der Waals surface area contributed by atoms with E-state index in [9.17, 15) is 8.42 Å². The minimum absolute atomic E-state index is 0.291. The van der Waals surface area contributed by atoms with E-state index in [-0.39, 0.29) is 0 Å². The van der Waals surface area contributed by atoms with Crippen LogP contribution >= 0.6 is 0 Å². The van der Waals surface area contributed by atoms with Gasteiger partial charge in [0, 0.05) is 46.1 Å². The molecular formula is C18H27N5O2S. The lowest BCUT2D eigenvalue weighted by atomic mass is 9.91. The molecular weight excluding hydrogens is 350 g/mol. The third kappa shape index (κ3) is 3.82. The van der Waals surface area contributed by atoms with Crippen LogP contribution in [0, 0.1) is 5.92 Å². The van der Waals surface area contributed by atoms with Gasteiger partial charge in [0.05, 0.1) is 11.4 Å². The van der Waals surface area contributed by atoms with Gasteiger partial charge in [0.1, 0.15) is 0 Å². The topological polar surface area (TPSA) is 71.3 Å². The average Bonchev–Trinajstić information content (AvgIpc) is 3.11. The van der Waals surface area contributed by atoms with Crippen LogP contribution in [0.4, 0.5) is 0 Å². The number of rotatable bonds is 6. The van der Waals surface area contributed by atoms with Gasteiger partial charge in [-0.25, -0.2) is 0 Å². The fourth-order valence-corrected chi connectivity index (χ4v) is 4.79. The first-order valence-electron chi connectivity index (χ1n) is 9.07. The number of nitrogens with zero attached hydrogens (tertiary/aromatic N) is 5. The second-order valence-corrected chi connectivity index (χ2v) is 9.05. The first-order valence-corrected chi connectivity index (χ1v) is 10.5. The molecule has 7 nitrogen and oxygen atoms in total. The van der Waals surface area contributed by atoms with Crippen LogP contribution in [0.25, 0.3) is 11.4 Å². The molecule has 1 aliphatic heterocycles. The summed E-state index contributed by atoms with van der Waals surface area (Å²) in [7, 11) is -0.177. The molecule has 1 saturated heterocycles. The summed E-state index contributed by atoms with van der Waals surface area (Å²) in [5.74, 6) is 0.291. The highest BCUT2D eigenvalue weighted by atomic mass is 32.2. The van der Waals surface area contributed by atoms with Gasteiger partial charge in [0.25, 0.3) is 10.2 Å². The van der Waals surface area contributed by atoms with Crippen molar-refractivity contribution in [2.45, 2.75) is 32.7 Å². The number of piperidine rings is 1. The van der Waals surface area contributed by atoms with Crippen molar-refractivity contribution in [2.75, 3.05) is 27.2 Å². The highest BCUT2D eigenvalue weighted by molar-refractivity contribution is 7.86. The molecule has 1 fully saturated rings. The molecule has 8 heteroatoms. The Morgan fingerprint density at radius 3 is 2.81 bits per heavy atom. The Morgan fingerprint density at radius 2 is 2.08 bits per heavy atom. The van der Waals surface area contributed by atoms with Gasteiger partial charge >= 0.3 is 0 Å². The average molecular weight is 378 g/mol. The van der Waals surface area contributed by atoms with Gasteiger partial charge in [-0.3, -0.25) is 9.67 Å². The Bertz CT molecular complexity index is 847. The summed E-state index contributed by atoms with van der Waals surface area (Å²) in [6.07, 6.45) is 6.33. The van der Waals surface area contributed by atoms with Crippen LogP contribution in [0.15, 0.2) is 30.6 Å². The summed E-state index contributed by atoms with van der Waals surface area (Å²) in [6.45, 7) is 4.00. The van der Waals surface area contributed by atoms with Crippen LogP contribution in [0.5, 0.6) is 0 Å². The second kappa shape index (κ2) is 7.85. The van der Waals surface area contributed by atoms with Crippen molar-refractivity contribution in [3.8, 4) is 11.4 Å². The normalized spacial score (nSPS) is 19.2. The molecule has 0 unspecified atom stereocenters. The minimum atomic E-state index is -3.35. The number of hydrogen-bond donors (Lipinski definition) is 0. The maximum Gasteiger partial charge on any atom is 0.281 e. The monoisotopic (exact) mass is 377 g/mol. The van der Waals surface area contributed by atoms with Crippen LogP contribution < -0.4 is 0 Å². The Hall–Kier alpha value is -1.77. The molecule has 0 aromatic carbocycles. The van der Waals surface area contributed by atoms with Crippen molar-refractivity contribution in [2.24, 2.45) is 5.92 Å². The van der Waals surface area contributed by atoms with E-state index in [4.69, 9.17) is 0 Å². The first kappa shape index (κ1) is 19.0. The molecule has 26 heavy (non-hydrogen) atoms. The molecule has 3 rings (SSSR count). The van der Waals surface area contributed by atoms with E-state index >= 15 is 0 Å². The molecule has 142 valence electrons. The van der Waals surface area contributed by atoms with Crippen molar-refractivity contribution in [1.82, 2.24) is 23.4 Å². The van der Waals surface area contributed by atoms with Crippen molar-refractivity contribution < 1.29 is 8.42 Å². The Kier molecular flexibility index (Phi) is 5.74. The predicted molar refractivity (Wildman–Crippen MR) is 102 cm³/mol. The molecule has 0 N–H and O–H groups in total. The van der Waals surface area contributed by atoms with E-state index < -0.39 is 10.2 Å². The number of hydrogen-bond acceptors (Lipinski definition) is 4. The van der Waals surface area contributed by atoms with Gasteiger partial charge in [-0.2, -0.15) is 22.1 Å². The fourth-order valence-electron chi connectivity index (χ4n) is 3.56. The van der Waals surface area contributed by atoms with Crippen LogP contribution in [0.3, 0.4) is 0 Å². The summed E-state index contributed by atoms with van der Waals surface area (Å²) in [4.78, 5) is 4.59. The summed E-state index contributed by atoms with van der Waals surface area (Å²) < 4.78 is 29.7. The Morgan fingerprint density at radius 1 is 1.27 bits per heavy atom. The number of aromatic nitrogens is 3. The lowest BCUT2D eigenvalue weighted by molar-refractivity contribution is 0.254. The van der Waals surface area contributed by atoms with Gasteiger partial charge < -0.3 is 0 Å². The van der Waals surface area contributed by atoms with E-state index in [0.29, 0.717) is 19.0 Å². The lowest BCUT2D eigenvalue weighted by Gasteiger charge is -2.33. The maximum absolute atomic E-state index is 12.4. The van der Waals surface area contributed by atoms with Crippen molar-refractivity contribution in [3.63, 3.8) is 0 Å². The molecule has 0 saturated carbocycles. The predicted octanol–water partition coefficient (Wildman–Crippen LogP) is 2.03. The zero-order chi connectivity index (χ0) is 18.7. The zero-order valence-corrected chi connectivity index (χ0v) is 16.5. The third-order valence-corrected chi connectivity index (χ3v) is 6.84. The van der Waals surface area contributed by atoms with E-state index in [0.717, 1.165) is 42.8 Å². The quantitative estimate of drug-likeness (QED) is 0.772. The fraction of sp³-hybridized carbons (Fsp3) is 0.556. The molecule has 3 heterocycles. The van der Waals surface area contributed by atoms with E-state index in [1.165, 1.54) is 4.31 Å². The van der Waals surface area contributed by atoms with Crippen LogP contribution in [0.2, 0.25) is 0 Å². The molecule has 1 atom stereocenters. The highest BCUT2D eigenvalue weighted by Crippen LogP contribution is 2.28. The number of aryl methyl sites for hydroxylation is 1. The van der Waals surface area contributed by atoms with Gasteiger partial charge in [-0.1, -0.05) is 6.07 Å². The molecule has 2 aromatic heterocycles. The molecule has 1 aliphatic rings. The molecule has 0 aliphatic carbocycles. The van der Waals surface area contributed by atoms with Gasteiger partial charge in [0.15, 0.2) is 0 Å². The minimum Gasteiger partial charge on any atom is -0.264 e. The number of pyridine rings is 1. The molecule has 0 bridgehead atoms. The standard InChI is InChI=1S/C18H27N5O2S/c1-4-23-17(9-11-20-23)18-16(8-5-10-19-18)13-15-7-6-12-22(14-15)26(24,25)21(2)3/h5,8-11,15H,4,6-7,12-14H2,1-3H3/t15-/m0/s1. The van der Waals surface area contributed by atoms with Crippen molar-refractivity contribution in [3.05, 3.63) is 36.2 Å². The highest BCUT2D eigenvalue weighted by Gasteiger charge is 2.30. The van der Waals surface area contributed by atoms with Crippen molar-refractivity contribution >= 4 is 10.2 Å².